The molecule has 0 fully saturated rings. The number of benzene rings is 1. The molecule has 1 unspecified atom stereocenters. The van der Waals surface area contributed by atoms with Crippen molar-refractivity contribution in [1.82, 2.24) is 0 Å². The quantitative estimate of drug-likeness (QED) is 0.298. The molecule has 0 saturated heterocycles. The first-order chi connectivity index (χ1) is 15.7. The molecule has 0 spiro atoms. The highest BCUT2D eigenvalue weighted by Gasteiger charge is 2.37. The number of ether oxygens (including phenoxy) is 6. The van der Waals surface area contributed by atoms with Crippen molar-refractivity contribution >= 4 is 24.4 Å². The van der Waals surface area contributed by atoms with Crippen molar-refractivity contribution in [2.75, 3.05) is 20.8 Å². The molecule has 1 rings (SSSR count). The summed E-state index contributed by atoms with van der Waals surface area (Å²) >= 11 is 0. The third-order valence-electron chi connectivity index (χ3n) is 4.25. The smallest absolute Gasteiger partial charge is 0.480 e. The molecule has 0 amide bonds. The number of aliphatic carboxylic acids is 1. The molecule has 0 bridgehead atoms. The first-order valence-corrected chi connectivity index (χ1v) is 10.2. The summed E-state index contributed by atoms with van der Waals surface area (Å²) in [6, 6.07) is 3.97. The van der Waals surface area contributed by atoms with Gasteiger partial charge in [0.05, 0.1) is 20.8 Å². The van der Waals surface area contributed by atoms with Crippen LogP contribution in [0, 0.1) is 5.41 Å². The normalized spacial score (nSPS) is 13.6. The maximum absolute atomic E-state index is 12.0. The number of hydrogen-bond acceptors (Lipinski definition) is 11. The molecule has 12 nitrogen and oxygen atoms in total. The van der Waals surface area contributed by atoms with Gasteiger partial charge < -0.3 is 39.3 Å². The van der Waals surface area contributed by atoms with Crippen molar-refractivity contribution in [3.8, 4) is 11.5 Å². The van der Waals surface area contributed by atoms with Gasteiger partial charge in [0.2, 0.25) is 0 Å². The lowest BCUT2D eigenvalue weighted by atomic mass is 9.86. The lowest BCUT2D eigenvalue weighted by Gasteiger charge is -2.28. The van der Waals surface area contributed by atoms with Gasteiger partial charge in [-0.15, -0.1) is 0 Å². The number of rotatable bonds is 9. The molecule has 0 aliphatic carbocycles. The van der Waals surface area contributed by atoms with Gasteiger partial charge in [0.1, 0.15) is 11.6 Å². The van der Waals surface area contributed by atoms with E-state index in [9.17, 15) is 24.3 Å². The fourth-order valence-electron chi connectivity index (χ4n) is 2.72. The van der Waals surface area contributed by atoms with Gasteiger partial charge >= 0.3 is 24.4 Å². The van der Waals surface area contributed by atoms with Crippen LogP contribution in [0.4, 0.5) is 14.4 Å². The fourth-order valence-corrected chi connectivity index (χ4v) is 2.72. The number of carboxylic acids is 1. The molecule has 34 heavy (non-hydrogen) atoms. The SMILES string of the molecule is COC(=O)Oc1ccc(CC(N)(C[C@H](C)OC(=O)OCC(C)(C)C)C(=O)O)cc1OC(=O)OC. The van der Waals surface area contributed by atoms with Crippen LogP contribution in [0.2, 0.25) is 0 Å². The number of hydrogen-bond donors (Lipinski definition) is 2. The van der Waals surface area contributed by atoms with Crippen LogP contribution in [-0.2, 0) is 30.2 Å². The maximum atomic E-state index is 12.0. The number of carbonyl (C=O) groups excluding carboxylic acids is 3. The molecule has 1 aromatic carbocycles. The second-order valence-corrected chi connectivity index (χ2v) is 8.76. The molecule has 2 atom stereocenters. The Bertz CT molecular complexity index is 893. The topological polar surface area (TPSA) is 170 Å². The monoisotopic (exact) mass is 485 g/mol. The highest BCUT2D eigenvalue weighted by Crippen LogP contribution is 2.31. The highest BCUT2D eigenvalue weighted by molar-refractivity contribution is 5.79. The molecule has 0 saturated carbocycles. The maximum Gasteiger partial charge on any atom is 0.513 e. The Balaban J connectivity index is 3.04. The summed E-state index contributed by atoms with van der Waals surface area (Å²) in [5, 5.41) is 9.76. The van der Waals surface area contributed by atoms with E-state index in [1.807, 2.05) is 20.8 Å². The van der Waals surface area contributed by atoms with Crippen LogP contribution < -0.4 is 15.2 Å². The number of methoxy groups -OCH3 is 2. The molecule has 0 aromatic heterocycles. The Labute approximate surface area is 197 Å². The van der Waals surface area contributed by atoms with Gasteiger partial charge in [-0.2, -0.15) is 0 Å². The standard InChI is InChI=1S/C22H31NO11/c1-13(32-20(28)31-12-21(2,3)4)10-22(23,17(24)25)11-14-7-8-15(33-18(26)29-5)16(9-14)34-19(27)30-6/h7-9,13H,10-12,23H2,1-6H3,(H,24,25)/t13-,22?/m0/s1. The molecule has 3 N–H and O–H groups in total. The highest BCUT2D eigenvalue weighted by atomic mass is 16.7. The van der Waals surface area contributed by atoms with Crippen molar-refractivity contribution < 1.29 is 52.7 Å². The van der Waals surface area contributed by atoms with Gasteiger partial charge in [-0.1, -0.05) is 26.8 Å². The Kier molecular flexibility index (Phi) is 10.1. The van der Waals surface area contributed by atoms with Gasteiger partial charge in [-0.05, 0) is 30.0 Å². The molecule has 0 radical (unpaired) electrons. The first kappa shape index (κ1) is 28.5. The lowest BCUT2D eigenvalue weighted by Crippen LogP contribution is -2.52. The van der Waals surface area contributed by atoms with E-state index in [0.717, 1.165) is 14.2 Å². The summed E-state index contributed by atoms with van der Waals surface area (Å²) in [5.41, 5.74) is 4.33. The first-order valence-electron chi connectivity index (χ1n) is 10.2. The third kappa shape index (κ3) is 9.53. The van der Waals surface area contributed by atoms with E-state index in [0.29, 0.717) is 5.56 Å². The minimum atomic E-state index is -1.86. The Hall–Kier alpha value is -3.54. The van der Waals surface area contributed by atoms with E-state index < -0.39 is 36.1 Å². The van der Waals surface area contributed by atoms with E-state index in [1.165, 1.54) is 25.1 Å². The number of carbonyl (C=O) groups is 4. The molecule has 0 aliphatic rings. The van der Waals surface area contributed by atoms with Crippen molar-refractivity contribution in [2.45, 2.75) is 52.2 Å². The molecular formula is C22H31NO11. The molecule has 0 heterocycles. The van der Waals surface area contributed by atoms with Gasteiger partial charge in [-0.25, -0.2) is 14.4 Å². The van der Waals surface area contributed by atoms with Crippen LogP contribution in [0.3, 0.4) is 0 Å². The van der Waals surface area contributed by atoms with Crippen molar-refractivity contribution in [3.05, 3.63) is 23.8 Å². The average Bonchev–Trinajstić information content (AvgIpc) is 2.73. The minimum absolute atomic E-state index is 0.119. The Morgan fingerprint density at radius 3 is 2.03 bits per heavy atom. The zero-order chi connectivity index (χ0) is 26.1. The summed E-state index contributed by atoms with van der Waals surface area (Å²) in [6.07, 6.45) is -4.48. The van der Waals surface area contributed by atoms with Crippen LogP contribution in [0.15, 0.2) is 18.2 Å². The summed E-state index contributed by atoms with van der Waals surface area (Å²) < 4.78 is 28.9. The Morgan fingerprint density at radius 2 is 1.53 bits per heavy atom. The van der Waals surface area contributed by atoms with Crippen LogP contribution in [0.5, 0.6) is 11.5 Å². The molecule has 12 heteroatoms. The molecular weight excluding hydrogens is 454 g/mol. The average molecular weight is 485 g/mol. The summed E-state index contributed by atoms with van der Waals surface area (Å²) in [7, 11) is 2.17. The van der Waals surface area contributed by atoms with Crippen molar-refractivity contribution in [2.24, 2.45) is 11.1 Å². The van der Waals surface area contributed by atoms with Crippen LogP contribution in [-0.4, -0.2) is 62.0 Å². The van der Waals surface area contributed by atoms with Crippen molar-refractivity contribution in [3.63, 3.8) is 0 Å². The van der Waals surface area contributed by atoms with Gasteiger partial charge in [-0.3, -0.25) is 4.79 Å². The van der Waals surface area contributed by atoms with E-state index in [2.05, 4.69) is 9.47 Å². The zero-order valence-corrected chi connectivity index (χ0v) is 20.0. The van der Waals surface area contributed by atoms with Crippen LogP contribution in [0.1, 0.15) is 39.7 Å². The van der Waals surface area contributed by atoms with E-state index in [4.69, 9.17) is 24.7 Å². The van der Waals surface area contributed by atoms with Crippen LogP contribution in [0.25, 0.3) is 0 Å². The second-order valence-electron chi connectivity index (χ2n) is 8.76. The predicted octanol–water partition coefficient (Wildman–Crippen LogP) is 3.28. The largest absolute Gasteiger partial charge is 0.513 e. The van der Waals surface area contributed by atoms with E-state index in [1.54, 1.807) is 0 Å². The Morgan fingerprint density at radius 1 is 0.971 bits per heavy atom. The van der Waals surface area contributed by atoms with Gasteiger partial charge in [0, 0.05) is 12.8 Å². The minimum Gasteiger partial charge on any atom is -0.480 e. The summed E-state index contributed by atoms with van der Waals surface area (Å²) in [6.45, 7) is 7.23. The molecule has 1 aromatic rings. The fraction of sp³-hybridized carbons (Fsp3) is 0.545. The molecule has 0 aliphatic heterocycles. The van der Waals surface area contributed by atoms with E-state index >= 15 is 0 Å². The lowest BCUT2D eigenvalue weighted by molar-refractivity contribution is -0.144. The number of nitrogens with two attached hydrogens (primary N) is 1. The second kappa shape index (κ2) is 12.1. The molecule has 190 valence electrons. The summed E-state index contributed by atoms with van der Waals surface area (Å²) in [4.78, 5) is 46.9. The third-order valence-corrected chi connectivity index (χ3v) is 4.25. The van der Waals surface area contributed by atoms with E-state index in [-0.39, 0.29) is 36.4 Å². The zero-order valence-electron chi connectivity index (χ0n) is 20.0. The van der Waals surface area contributed by atoms with Gasteiger partial charge in [0.25, 0.3) is 0 Å². The number of carboxylic acid groups (broad SMARTS) is 1. The summed E-state index contributed by atoms with van der Waals surface area (Å²) in [5.74, 6) is -1.74. The predicted molar refractivity (Wildman–Crippen MR) is 117 cm³/mol. The van der Waals surface area contributed by atoms with Crippen LogP contribution >= 0.6 is 0 Å². The van der Waals surface area contributed by atoms with Gasteiger partial charge in [0.15, 0.2) is 11.5 Å². The van der Waals surface area contributed by atoms with Crippen molar-refractivity contribution in [1.29, 1.82) is 0 Å².